The van der Waals surface area contributed by atoms with Gasteiger partial charge in [-0.25, -0.2) is 3.11 Å². The van der Waals surface area contributed by atoms with Gasteiger partial charge in [0.2, 0.25) is 5.91 Å². The molecule has 1 N–H and O–H groups in total. The molecule has 52 valence electrons. The van der Waals surface area contributed by atoms with Gasteiger partial charge in [-0.05, 0) is 6.92 Å². The zero-order valence-electron chi connectivity index (χ0n) is 5.22. The second kappa shape index (κ2) is 2.83. The maximum atomic E-state index is 10.8. The summed E-state index contributed by atoms with van der Waals surface area (Å²) in [6.45, 7) is 3.64. The zero-order chi connectivity index (χ0) is 6.85. The van der Waals surface area contributed by atoms with E-state index in [0.717, 1.165) is 13.1 Å². The number of hydrogen-bond donors (Lipinski definition) is 1. The number of nitrogens with zero attached hydrogens (tertiary/aromatic N) is 1. The molecule has 0 saturated carbocycles. The molecule has 3 nitrogen and oxygen atoms in total. The minimum absolute atomic E-state index is 0.0411. The molecule has 0 aromatic rings. The predicted octanol–water partition coefficient (Wildman–Crippen LogP) is 0.157. The molecule has 1 heterocycles. The van der Waals surface area contributed by atoms with E-state index in [2.05, 4.69) is 28.2 Å². The third-order valence-corrected chi connectivity index (χ3v) is 2.74. The van der Waals surface area contributed by atoms with Crippen LogP contribution in [-0.4, -0.2) is 28.2 Å². The lowest BCUT2D eigenvalue weighted by molar-refractivity contribution is -0.125. The summed E-state index contributed by atoms with van der Waals surface area (Å²) in [6, 6.07) is 0.0411. The molecule has 0 spiro atoms. The highest BCUT2D eigenvalue weighted by Gasteiger charge is 2.22. The van der Waals surface area contributed by atoms with E-state index in [1.54, 1.807) is 0 Å². The average molecular weight is 240 g/mol. The van der Waals surface area contributed by atoms with Crippen LogP contribution < -0.4 is 5.32 Å². The van der Waals surface area contributed by atoms with Gasteiger partial charge in [-0.1, -0.05) is 0 Å². The van der Waals surface area contributed by atoms with Crippen LogP contribution in [0.2, 0.25) is 0 Å². The van der Waals surface area contributed by atoms with E-state index in [1.165, 1.54) is 0 Å². The molecule has 0 radical (unpaired) electrons. The highest BCUT2D eigenvalue weighted by atomic mass is 127. The number of rotatable bonds is 0. The molecule has 9 heavy (non-hydrogen) atoms. The van der Waals surface area contributed by atoms with Crippen LogP contribution in [0.15, 0.2) is 0 Å². The Morgan fingerprint density at radius 3 is 3.00 bits per heavy atom. The molecule has 0 aliphatic carbocycles. The Morgan fingerprint density at radius 2 is 2.56 bits per heavy atom. The van der Waals surface area contributed by atoms with Crippen molar-refractivity contribution < 1.29 is 4.79 Å². The Bertz CT molecular complexity index is 128. The van der Waals surface area contributed by atoms with Gasteiger partial charge in [0, 0.05) is 36.0 Å². The van der Waals surface area contributed by atoms with Crippen LogP contribution in [0.5, 0.6) is 0 Å². The second-order valence-electron chi connectivity index (χ2n) is 2.09. The Balaban J connectivity index is 2.51. The Labute approximate surface area is 68.3 Å². The molecule has 0 aromatic carbocycles. The minimum Gasteiger partial charge on any atom is -0.353 e. The number of piperazine rings is 1. The van der Waals surface area contributed by atoms with Gasteiger partial charge in [-0.15, -0.1) is 0 Å². The van der Waals surface area contributed by atoms with Gasteiger partial charge in [0.1, 0.15) is 0 Å². The summed E-state index contributed by atoms with van der Waals surface area (Å²) in [5.41, 5.74) is 0. The van der Waals surface area contributed by atoms with Gasteiger partial charge >= 0.3 is 0 Å². The van der Waals surface area contributed by atoms with Gasteiger partial charge in [-0.2, -0.15) is 0 Å². The molecule has 1 amide bonds. The number of nitrogens with one attached hydrogen (secondary N) is 1. The number of carbonyl (C=O) groups excluding carboxylic acids is 1. The van der Waals surface area contributed by atoms with E-state index in [9.17, 15) is 4.79 Å². The van der Waals surface area contributed by atoms with Crippen molar-refractivity contribution in [3.63, 3.8) is 0 Å². The van der Waals surface area contributed by atoms with Crippen molar-refractivity contribution in [2.75, 3.05) is 13.1 Å². The van der Waals surface area contributed by atoms with Crippen molar-refractivity contribution in [2.45, 2.75) is 13.0 Å². The highest BCUT2D eigenvalue weighted by Crippen LogP contribution is 2.08. The molecular weight excluding hydrogens is 231 g/mol. The molecule has 1 fully saturated rings. The van der Waals surface area contributed by atoms with Crippen molar-refractivity contribution in [3.8, 4) is 0 Å². The zero-order valence-corrected chi connectivity index (χ0v) is 7.38. The molecule has 1 aliphatic rings. The second-order valence-corrected chi connectivity index (χ2v) is 3.33. The maximum Gasteiger partial charge on any atom is 0.237 e. The van der Waals surface area contributed by atoms with E-state index in [0.29, 0.717) is 0 Å². The Hall–Kier alpha value is 0.160. The monoisotopic (exact) mass is 240 g/mol. The van der Waals surface area contributed by atoms with Crippen molar-refractivity contribution >= 4 is 28.8 Å². The van der Waals surface area contributed by atoms with E-state index in [-0.39, 0.29) is 11.9 Å². The lowest BCUT2D eigenvalue weighted by Crippen LogP contribution is -2.49. The normalized spacial score (nSPS) is 30.0. The fourth-order valence-corrected chi connectivity index (χ4v) is 1.25. The Kier molecular flexibility index (Phi) is 2.29. The molecule has 0 aromatic heterocycles. The summed E-state index contributed by atoms with van der Waals surface area (Å²) in [6.07, 6.45) is 0. The summed E-state index contributed by atoms with van der Waals surface area (Å²) in [7, 11) is 0. The van der Waals surface area contributed by atoms with Crippen LogP contribution >= 0.6 is 22.9 Å². The number of hydrogen-bond acceptors (Lipinski definition) is 2. The summed E-state index contributed by atoms with van der Waals surface area (Å²) in [5.74, 6) is 0.135. The molecule has 1 rings (SSSR count). The van der Waals surface area contributed by atoms with Crippen molar-refractivity contribution in [1.82, 2.24) is 8.43 Å². The first kappa shape index (κ1) is 7.27. The van der Waals surface area contributed by atoms with E-state index >= 15 is 0 Å². The van der Waals surface area contributed by atoms with Gasteiger partial charge < -0.3 is 5.32 Å². The highest BCUT2D eigenvalue weighted by molar-refractivity contribution is 14.1. The number of amides is 1. The van der Waals surface area contributed by atoms with Gasteiger partial charge in [-0.3, -0.25) is 4.79 Å². The topological polar surface area (TPSA) is 32.3 Å². The molecular formula is C5H9IN2O. The van der Waals surface area contributed by atoms with Crippen LogP contribution in [0.1, 0.15) is 6.92 Å². The number of halogens is 1. The smallest absolute Gasteiger partial charge is 0.237 e. The fourth-order valence-electron chi connectivity index (χ4n) is 0.754. The first-order valence-corrected chi connectivity index (χ1v) is 3.88. The van der Waals surface area contributed by atoms with Crippen LogP contribution in [0.25, 0.3) is 0 Å². The lowest BCUT2D eigenvalue weighted by atomic mass is 10.2. The largest absolute Gasteiger partial charge is 0.353 e. The van der Waals surface area contributed by atoms with Gasteiger partial charge in [0.15, 0.2) is 0 Å². The molecule has 1 saturated heterocycles. The van der Waals surface area contributed by atoms with Crippen molar-refractivity contribution in [1.29, 1.82) is 0 Å². The summed E-state index contributed by atoms with van der Waals surface area (Å²) >= 11 is 2.17. The third kappa shape index (κ3) is 1.54. The first-order valence-electron chi connectivity index (χ1n) is 2.92. The third-order valence-electron chi connectivity index (χ3n) is 1.42. The lowest BCUT2D eigenvalue weighted by Gasteiger charge is -2.26. The average Bonchev–Trinajstić information content (AvgIpc) is 1.83. The van der Waals surface area contributed by atoms with E-state index in [1.807, 2.05) is 10.0 Å². The van der Waals surface area contributed by atoms with Crippen LogP contribution in [0.4, 0.5) is 0 Å². The summed E-state index contributed by atoms with van der Waals surface area (Å²) in [4.78, 5) is 10.8. The van der Waals surface area contributed by atoms with Gasteiger partial charge in [0.05, 0.1) is 6.04 Å². The summed E-state index contributed by atoms with van der Waals surface area (Å²) in [5, 5.41) is 2.78. The first-order chi connectivity index (χ1) is 4.22. The maximum absolute atomic E-state index is 10.8. The molecule has 4 heteroatoms. The summed E-state index contributed by atoms with van der Waals surface area (Å²) < 4.78 is 2.01. The Morgan fingerprint density at radius 1 is 1.89 bits per heavy atom. The van der Waals surface area contributed by atoms with Gasteiger partial charge in [0.25, 0.3) is 0 Å². The van der Waals surface area contributed by atoms with Crippen LogP contribution in [-0.2, 0) is 4.79 Å². The van der Waals surface area contributed by atoms with Crippen LogP contribution in [0.3, 0.4) is 0 Å². The molecule has 0 bridgehead atoms. The molecule has 1 atom stereocenters. The number of carbonyl (C=O) groups is 1. The van der Waals surface area contributed by atoms with Crippen LogP contribution in [0, 0.1) is 0 Å². The van der Waals surface area contributed by atoms with Crippen molar-refractivity contribution in [2.24, 2.45) is 0 Å². The fraction of sp³-hybridized carbons (Fsp3) is 0.800. The quantitative estimate of drug-likeness (QED) is 0.483. The van der Waals surface area contributed by atoms with Crippen molar-refractivity contribution in [3.05, 3.63) is 0 Å². The molecule has 1 aliphatic heterocycles. The SMILES string of the molecule is CC1C(=O)NCCN1I. The standard InChI is InChI=1S/C5H9IN2O/c1-4-5(9)7-2-3-8(4)6/h4H,2-3H2,1H3,(H,7,9). The van der Waals surface area contributed by atoms with E-state index < -0.39 is 0 Å². The minimum atomic E-state index is 0.0411. The predicted molar refractivity (Wildman–Crippen MR) is 43.2 cm³/mol. The molecule has 1 unspecified atom stereocenters. The van der Waals surface area contributed by atoms with E-state index in [4.69, 9.17) is 0 Å².